The Kier molecular flexibility index (Phi) is 11.9. The summed E-state index contributed by atoms with van der Waals surface area (Å²) in [6.45, 7) is 0. The number of para-hydroxylation sites is 1. The summed E-state index contributed by atoms with van der Waals surface area (Å²) in [5, 5.41) is 18.5. The molecule has 214 valence electrons. The molecule has 1 aromatic heterocycles. The van der Waals surface area contributed by atoms with Gasteiger partial charge in [0.1, 0.15) is 18.1 Å². The quantitative estimate of drug-likeness (QED) is 0.133. The Morgan fingerprint density at radius 1 is 0.900 bits per heavy atom. The second-order valence-electron chi connectivity index (χ2n) is 9.35. The van der Waals surface area contributed by atoms with Crippen LogP contribution in [0.2, 0.25) is 0 Å². The number of thioether (sulfide) groups is 1. The SMILES string of the molecule is CSCCC(NC(=O)C(Cc1ccccc1)NC(=O)C(Cc1c[nH]c2ccccc12)NC(=O)C(N)CS)C(=O)O. The van der Waals surface area contributed by atoms with Gasteiger partial charge in [0.25, 0.3) is 0 Å². The van der Waals surface area contributed by atoms with Crippen molar-refractivity contribution in [1.29, 1.82) is 0 Å². The number of nitrogens with two attached hydrogens (primary N) is 1. The Morgan fingerprint density at radius 2 is 1.50 bits per heavy atom. The van der Waals surface area contributed by atoms with Crippen molar-refractivity contribution in [3.8, 4) is 0 Å². The van der Waals surface area contributed by atoms with Crippen LogP contribution in [0.15, 0.2) is 60.8 Å². The monoisotopic (exact) mass is 585 g/mol. The van der Waals surface area contributed by atoms with Crippen molar-refractivity contribution in [2.24, 2.45) is 5.73 Å². The highest BCUT2D eigenvalue weighted by Gasteiger charge is 2.31. The fraction of sp³-hybridized carbons (Fsp3) is 0.357. The van der Waals surface area contributed by atoms with Gasteiger partial charge in [0.2, 0.25) is 17.7 Å². The number of H-pyrrole nitrogens is 1. The fourth-order valence-corrected chi connectivity index (χ4v) is 4.83. The highest BCUT2D eigenvalue weighted by Crippen LogP contribution is 2.19. The van der Waals surface area contributed by atoms with Crippen LogP contribution in [-0.2, 0) is 32.0 Å². The molecule has 7 N–H and O–H groups in total. The predicted octanol–water partition coefficient (Wildman–Crippen LogP) is 1.50. The lowest BCUT2D eigenvalue weighted by Crippen LogP contribution is -2.58. The van der Waals surface area contributed by atoms with E-state index in [2.05, 4.69) is 33.6 Å². The minimum atomic E-state index is -1.16. The molecule has 0 saturated carbocycles. The van der Waals surface area contributed by atoms with E-state index in [4.69, 9.17) is 5.73 Å². The van der Waals surface area contributed by atoms with Gasteiger partial charge in [-0.05, 0) is 35.6 Å². The molecule has 0 aliphatic heterocycles. The first-order valence-electron chi connectivity index (χ1n) is 12.8. The number of fused-ring (bicyclic) bond motifs is 1. The van der Waals surface area contributed by atoms with Gasteiger partial charge in [0.05, 0.1) is 6.04 Å². The first kappa shape index (κ1) is 31.1. The fourth-order valence-electron chi connectivity index (χ4n) is 4.19. The molecule has 3 amide bonds. The van der Waals surface area contributed by atoms with Gasteiger partial charge in [-0.25, -0.2) is 4.79 Å². The number of aromatic amines is 1. The second-order valence-corrected chi connectivity index (χ2v) is 10.7. The number of amides is 3. The minimum absolute atomic E-state index is 0.0823. The Balaban J connectivity index is 1.87. The number of hydrogen-bond acceptors (Lipinski definition) is 7. The number of carbonyl (C=O) groups is 4. The Hall–Kier alpha value is -3.48. The number of nitrogens with one attached hydrogen (secondary N) is 4. The van der Waals surface area contributed by atoms with Crippen LogP contribution in [0, 0.1) is 0 Å². The zero-order valence-electron chi connectivity index (χ0n) is 22.1. The highest BCUT2D eigenvalue weighted by molar-refractivity contribution is 7.98. The zero-order valence-corrected chi connectivity index (χ0v) is 23.8. The number of aliphatic carboxylic acids is 1. The molecule has 0 saturated heterocycles. The molecule has 0 aliphatic rings. The van der Waals surface area contributed by atoms with Gasteiger partial charge in [0, 0.05) is 35.7 Å². The van der Waals surface area contributed by atoms with E-state index in [0.29, 0.717) is 5.75 Å². The van der Waals surface area contributed by atoms with Crippen LogP contribution in [0.4, 0.5) is 0 Å². The van der Waals surface area contributed by atoms with Gasteiger partial charge in [0.15, 0.2) is 0 Å². The Labute approximate surface area is 242 Å². The molecule has 0 bridgehead atoms. The molecule has 3 rings (SSSR count). The van der Waals surface area contributed by atoms with Crippen molar-refractivity contribution < 1.29 is 24.3 Å². The summed E-state index contributed by atoms with van der Waals surface area (Å²) in [7, 11) is 0. The first-order chi connectivity index (χ1) is 19.2. The molecular weight excluding hydrogens is 550 g/mol. The maximum absolute atomic E-state index is 13.7. The third-order valence-corrected chi connectivity index (χ3v) is 7.44. The topological polar surface area (TPSA) is 166 Å². The van der Waals surface area contributed by atoms with E-state index in [1.165, 1.54) is 11.8 Å². The van der Waals surface area contributed by atoms with E-state index in [9.17, 15) is 24.3 Å². The molecule has 10 nitrogen and oxygen atoms in total. The van der Waals surface area contributed by atoms with E-state index >= 15 is 0 Å². The molecule has 0 radical (unpaired) electrons. The highest BCUT2D eigenvalue weighted by atomic mass is 32.2. The first-order valence-corrected chi connectivity index (χ1v) is 14.8. The van der Waals surface area contributed by atoms with Gasteiger partial charge >= 0.3 is 5.97 Å². The summed E-state index contributed by atoms with van der Waals surface area (Å²) in [6, 6.07) is 12.5. The largest absolute Gasteiger partial charge is 0.480 e. The van der Waals surface area contributed by atoms with Crippen molar-refractivity contribution in [1.82, 2.24) is 20.9 Å². The van der Waals surface area contributed by atoms with Crippen molar-refractivity contribution in [2.45, 2.75) is 43.4 Å². The average molecular weight is 586 g/mol. The van der Waals surface area contributed by atoms with Crippen LogP contribution in [0.25, 0.3) is 10.9 Å². The van der Waals surface area contributed by atoms with Gasteiger partial charge in [-0.3, -0.25) is 14.4 Å². The van der Waals surface area contributed by atoms with Crippen molar-refractivity contribution in [3.05, 3.63) is 71.9 Å². The van der Waals surface area contributed by atoms with Crippen molar-refractivity contribution >= 4 is 59.0 Å². The van der Waals surface area contributed by atoms with Gasteiger partial charge in [-0.2, -0.15) is 24.4 Å². The Bertz CT molecular complexity index is 1300. The predicted molar refractivity (Wildman–Crippen MR) is 160 cm³/mol. The molecule has 4 atom stereocenters. The molecule has 2 aromatic carbocycles. The second kappa shape index (κ2) is 15.3. The lowest BCUT2D eigenvalue weighted by Gasteiger charge is -2.25. The number of carboxylic acids is 1. The maximum Gasteiger partial charge on any atom is 0.326 e. The Morgan fingerprint density at radius 3 is 2.15 bits per heavy atom. The number of carboxylic acid groups (broad SMARTS) is 1. The number of aromatic nitrogens is 1. The third kappa shape index (κ3) is 8.77. The smallest absolute Gasteiger partial charge is 0.326 e. The maximum atomic E-state index is 13.7. The summed E-state index contributed by atoms with van der Waals surface area (Å²) < 4.78 is 0. The number of rotatable bonds is 15. The molecule has 12 heteroatoms. The standard InChI is InChI=1S/C28H35N5O5S2/c1-40-12-11-22(28(37)38)31-26(35)23(13-17-7-3-2-4-8-17)33-27(36)24(32-25(34)20(29)16-39)14-18-15-30-21-10-6-5-9-19(18)21/h2-10,15,20,22-24,30,39H,11-14,16,29H2,1H3,(H,31,35)(H,32,34)(H,33,36)(H,37,38). The summed E-state index contributed by atoms with van der Waals surface area (Å²) in [5.74, 6) is -2.32. The van der Waals surface area contributed by atoms with E-state index in [1.807, 2.05) is 60.9 Å². The van der Waals surface area contributed by atoms with E-state index in [0.717, 1.165) is 22.0 Å². The third-order valence-electron chi connectivity index (χ3n) is 6.41. The normalized spacial score (nSPS) is 14.1. The summed E-state index contributed by atoms with van der Waals surface area (Å²) in [4.78, 5) is 54.6. The molecule has 0 spiro atoms. The number of thiol groups is 1. The van der Waals surface area contributed by atoms with Crippen molar-refractivity contribution in [3.63, 3.8) is 0 Å². The lowest BCUT2D eigenvalue weighted by atomic mass is 10.0. The molecule has 1 heterocycles. The van der Waals surface area contributed by atoms with Crippen LogP contribution in [0.5, 0.6) is 0 Å². The van der Waals surface area contributed by atoms with E-state index in [-0.39, 0.29) is 25.0 Å². The minimum Gasteiger partial charge on any atom is -0.480 e. The van der Waals surface area contributed by atoms with Gasteiger partial charge in [-0.1, -0.05) is 48.5 Å². The lowest BCUT2D eigenvalue weighted by molar-refractivity contribution is -0.142. The van der Waals surface area contributed by atoms with Crippen LogP contribution in [0.3, 0.4) is 0 Å². The van der Waals surface area contributed by atoms with Gasteiger partial charge < -0.3 is 31.8 Å². The van der Waals surface area contributed by atoms with Crippen LogP contribution < -0.4 is 21.7 Å². The molecule has 0 fully saturated rings. The van der Waals surface area contributed by atoms with E-state index in [1.54, 1.807) is 6.20 Å². The summed E-state index contributed by atoms with van der Waals surface area (Å²) in [6.07, 6.45) is 4.10. The van der Waals surface area contributed by atoms with Crippen LogP contribution in [-0.4, -0.2) is 75.7 Å². The van der Waals surface area contributed by atoms with Gasteiger partial charge in [-0.15, -0.1) is 0 Å². The molecule has 0 aliphatic carbocycles. The van der Waals surface area contributed by atoms with Crippen LogP contribution in [0.1, 0.15) is 17.5 Å². The van der Waals surface area contributed by atoms with E-state index < -0.39 is 47.9 Å². The summed E-state index contributed by atoms with van der Waals surface area (Å²) in [5.41, 5.74) is 8.30. The number of carbonyl (C=O) groups excluding carboxylic acids is 3. The van der Waals surface area contributed by atoms with Crippen molar-refractivity contribution in [2.75, 3.05) is 17.8 Å². The van der Waals surface area contributed by atoms with Crippen LogP contribution >= 0.6 is 24.4 Å². The molecular formula is C28H35N5O5S2. The number of hydrogen-bond donors (Lipinski definition) is 7. The average Bonchev–Trinajstić information content (AvgIpc) is 3.36. The molecule has 4 unspecified atom stereocenters. The zero-order chi connectivity index (χ0) is 29.1. The molecule has 40 heavy (non-hydrogen) atoms. The summed E-state index contributed by atoms with van der Waals surface area (Å²) >= 11 is 5.55. The molecule has 3 aromatic rings. The number of benzene rings is 2.